The van der Waals surface area contributed by atoms with Crippen LogP contribution in [0, 0.1) is 5.92 Å². The van der Waals surface area contributed by atoms with Crippen LogP contribution in [0.5, 0.6) is 5.75 Å². The van der Waals surface area contributed by atoms with Gasteiger partial charge in [0, 0.05) is 21.7 Å². The summed E-state index contributed by atoms with van der Waals surface area (Å²) in [5, 5.41) is 5.03. The molecule has 5 rings (SSSR count). The molecule has 142 valence electrons. The quantitative estimate of drug-likeness (QED) is 0.464. The van der Waals surface area contributed by atoms with Crippen molar-refractivity contribution in [3.8, 4) is 5.75 Å². The summed E-state index contributed by atoms with van der Waals surface area (Å²) >= 11 is 1.61. The second-order valence-corrected chi connectivity index (χ2v) is 8.64. The number of hydrogen-bond donors (Lipinski definition) is 1. The molecule has 0 fully saturated rings. The van der Waals surface area contributed by atoms with E-state index in [1.807, 2.05) is 36.4 Å². The summed E-state index contributed by atoms with van der Waals surface area (Å²) in [6, 6.07) is 13.7. The number of hydrogen-bond acceptors (Lipinski definition) is 4. The third-order valence-electron chi connectivity index (χ3n) is 5.50. The Hall–Kier alpha value is -2.79. The number of ether oxygens (including phenoxy) is 1. The average Bonchev–Trinajstić information content (AvgIpc) is 3.27. The highest BCUT2D eigenvalue weighted by molar-refractivity contribution is 7.14. The highest BCUT2D eigenvalue weighted by Crippen LogP contribution is 2.37. The molecule has 2 aromatic carbocycles. The molecule has 2 aromatic heterocycles. The zero-order chi connectivity index (χ0) is 19.3. The van der Waals surface area contributed by atoms with Crippen LogP contribution in [0.1, 0.15) is 33.5 Å². The van der Waals surface area contributed by atoms with E-state index in [0.717, 1.165) is 39.7 Å². The number of fused-ring (bicyclic) bond motifs is 4. The normalized spacial score (nSPS) is 16.3. The maximum absolute atomic E-state index is 12.9. The van der Waals surface area contributed by atoms with Crippen molar-refractivity contribution in [1.29, 1.82) is 0 Å². The Morgan fingerprint density at radius 2 is 2.04 bits per heavy atom. The Balaban J connectivity index is 1.50. The van der Waals surface area contributed by atoms with Crippen molar-refractivity contribution in [2.24, 2.45) is 5.92 Å². The van der Waals surface area contributed by atoms with Gasteiger partial charge in [0.25, 0.3) is 5.91 Å². The molecule has 28 heavy (non-hydrogen) atoms. The molecule has 1 N–H and O–H groups in total. The molecule has 5 heteroatoms. The lowest BCUT2D eigenvalue weighted by Crippen LogP contribution is -2.11. The molecule has 0 radical (unpaired) electrons. The van der Waals surface area contributed by atoms with Crippen molar-refractivity contribution in [1.82, 2.24) is 0 Å². The fraction of sp³-hybridized carbons (Fsp3) is 0.261. The highest BCUT2D eigenvalue weighted by atomic mass is 32.1. The van der Waals surface area contributed by atoms with E-state index in [1.165, 1.54) is 16.9 Å². The summed E-state index contributed by atoms with van der Waals surface area (Å²) in [4.78, 5) is 15.0. The topological polar surface area (TPSA) is 51.5 Å². The van der Waals surface area contributed by atoms with Crippen molar-refractivity contribution in [2.75, 3.05) is 12.4 Å². The number of anilines is 1. The number of benzene rings is 2. The lowest BCUT2D eigenvalue weighted by molar-refractivity contribution is 0.103. The summed E-state index contributed by atoms with van der Waals surface area (Å²) in [5.41, 5.74) is 3.51. The molecule has 0 saturated carbocycles. The van der Waals surface area contributed by atoms with Crippen LogP contribution in [0.15, 0.2) is 46.9 Å². The lowest BCUT2D eigenvalue weighted by atomic mass is 9.90. The minimum absolute atomic E-state index is 0.0965. The molecule has 0 spiro atoms. The molecule has 1 atom stereocenters. The molecule has 1 amide bonds. The standard InChI is InChI=1S/C23H21NO3S/c1-13-7-8-21-14(9-13)10-22(28-21)23(25)24-17-12-19-16(11-20(17)26-2)15-5-3-4-6-18(15)27-19/h3-6,10-13H,7-9H2,1-2H3,(H,24,25)/t13-/m0/s1. The van der Waals surface area contributed by atoms with Crippen molar-refractivity contribution in [3.05, 3.63) is 57.8 Å². The van der Waals surface area contributed by atoms with Gasteiger partial charge >= 0.3 is 0 Å². The number of para-hydroxylation sites is 1. The number of aryl methyl sites for hydroxylation is 1. The number of amides is 1. The SMILES string of the molecule is COc1cc2c(cc1NC(=O)c1cc3c(s1)CC[C@H](C)C3)oc1ccccc12. The number of furan rings is 1. The van der Waals surface area contributed by atoms with E-state index in [0.29, 0.717) is 17.4 Å². The molecule has 4 aromatic rings. The summed E-state index contributed by atoms with van der Waals surface area (Å²) in [6.45, 7) is 2.27. The Morgan fingerprint density at radius 3 is 2.89 bits per heavy atom. The summed E-state index contributed by atoms with van der Waals surface area (Å²) in [6.07, 6.45) is 3.33. The Morgan fingerprint density at radius 1 is 1.18 bits per heavy atom. The van der Waals surface area contributed by atoms with Gasteiger partial charge in [-0.3, -0.25) is 4.79 Å². The van der Waals surface area contributed by atoms with E-state index in [1.54, 1.807) is 18.4 Å². The van der Waals surface area contributed by atoms with Crippen LogP contribution in [-0.2, 0) is 12.8 Å². The lowest BCUT2D eigenvalue weighted by Gasteiger charge is -2.16. The molecule has 2 heterocycles. The molecular weight excluding hydrogens is 370 g/mol. The van der Waals surface area contributed by atoms with Gasteiger partial charge in [-0.2, -0.15) is 0 Å². The fourth-order valence-electron chi connectivity index (χ4n) is 4.02. The van der Waals surface area contributed by atoms with Crippen LogP contribution >= 0.6 is 11.3 Å². The number of methoxy groups -OCH3 is 1. The van der Waals surface area contributed by atoms with Crippen LogP contribution in [0.3, 0.4) is 0 Å². The van der Waals surface area contributed by atoms with E-state index in [-0.39, 0.29) is 5.91 Å². The van der Waals surface area contributed by atoms with Gasteiger partial charge in [-0.05, 0) is 48.9 Å². The van der Waals surface area contributed by atoms with Gasteiger partial charge in [0.05, 0.1) is 17.7 Å². The van der Waals surface area contributed by atoms with Gasteiger partial charge in [0.1, 0.15) is 16.9 Å². The van der Waals surface area contributed by atoms with E-state index in [2.05, 4.69) is 18.3 Å². The predicted octanol–water partition coefficient (Wildman–Crippen LogP) is 6.03. The van der Waals surface area contributed by atoms with E-state index in [4.69, 9.17) is 9.15 Å². The monoisotopic (exact) mass is 391 g/mol. The van der Waals surface area contributed by atoms with Crippen LogP contribution < -0.4 is 10.1 Å². The molecule has 0 bridgehead atoms. The number of nitrogens with one attached hydrogen (secondary N) is 1. The van der Waals surface area contributed by atoms with Crippen molar-refractivity contribution in [3.63, 3.8) is 0 Å². The molecular formula is C23H21NO3S. The van der Waals surface area contributed by atoms with Crippen molar-refractivity contribution < 1.29 is 13.9 Å². The Kier molecular flexibility index (Phi) is 4.13. The second kappa shape index (κ2) is 6.67. The minimum atomic E-state index is -0.0965. The molecule has 1 aliphatic carbocycles. The number of carbonyl (C=O) groups is 1. The molecule has 0 saturated heterocycles. The van der Waals surface area contributed by atoms with Crippen LogP contribution in [-0.4, -0.2) is 13.0 Å². The molecule has 0 unspecified atom stereocenters. The third kappa shape index (κ3) is 2.87. The summed E-state index contributed by atoms with van der Waals surface area (Å²) in [7, 11) is 1.62. The van der Waals surface area contributed by atoms with Gasteiger partial charge in [0.2, 0.25) is 0 Å². The second-order valence-electron chi connectivity index (χ2n) is 7.51. The number of thiophene rings is 1. The van der Waals surface area contributed by atoms with E-state index >= 15 is 0 Å². The molecule has 1 aliphatic rings. The maximum atomic E-state index is 12.9. The molecule has 4 nitrogen and oxygen atoms in total. The average molecular weight is 391 g/mol. The smallest absolute Gasteiger partial charge is 0.265 e. The number of carbonyl (C=O) groups excluding carboxylic acids is 1. The van der Waals surface area contributed by atoms with Gasteiger partial charge in [0.15, 0.2) is 0 Å². The van der Waals surface area contributed by atoms with Crippen LogP contribution in [0.2, 0.25) is 0 Å². The van der Waals surface area contributed by atoms with E-state index in [9.17, 15) is 4.79 Å². The first-order valence-corrected chi connectivity index (χ1v) is 10.4. The first kappa shape index (κ1) is 17.3. The van der Waals surface area contributed by atoms with Gasteiger partial charge in [-0.1, -0.05) is 25.1 Å². The third-order valence-corrected chi connectivity index (χ3v) is 6.74. The zero-order valence-electron chi connectivity index (χ0n) is 15.9. The Bertz CT molecular complexity index is 1200. The van der Waals surface area contributed by atoms with Crippen LogP contribution in [0.4, 0.5) is 5.69 Å². The van der Waals surface area contributed by atoms with Crippen LogP contribution in [0.25, 0.3) is 21.9 Å². The van der Waals surface area contributed by atoms with Crippen molar-refractivity contribution in [2.45, 2.75) is 26.2 Å². The van der Waals surface area contributed by atoms with Gasteiger partial charge in [-0.25, -0.2) is 0 Å². The summed E-state index contributed by atoms with van der Waals surface area (Å²) in [5.74, 6) is 1.22. The fourth-order valence-corrected chi connectivity index (χ4v) is 5.12. The van der Waals surface area contributed by atoms with Crippen molar-refractivity contribution >= 4 is 44.9 Å². The maximum Gasteiger partial charge on any atom is 0.265 e. The first-order chi connectivity index (χ1) is 13.6. The van der Waals surface area contributed by atoms with E-state index < -0.39 is 0 Å². The molecule has 0 aliphatic heterocycles. The first-order valence-electron chi connectivity index (χ1n) is 9.54. The summed E-state index contributed by atoms with van der Waals surface area (Å²) < 4.78 is 11.5. The number of rotatable bonds is 3. The largest absolute Gasteiger partial charge is 0.495 e. The minimum Gasteiger partial charge on any atom is -0.495 e. The zero-order valence-corrected chi connectivity index (χ0v) is 16.7. The Labute approximate surface area is 167 Å². The predicted molar refractivity (Wildman–Crippen MR) is 114 cm³/mol. The highest BCUT2D eigenvalue weighted by Gasteiger charge is 2.22. The van der Waals surface area contributed by atoms with Gasteiger partial charge < -0.3 is 14.5 Å². The van der Waals surface area contributed by atoms with Gasteiger partial charge in [-0.15, -0.1) is 11.3 Å².